The van der Waals surface area contributed by atoms with Crippen LogP contribution in [0.5, 0.6) is 5.75 Å². The molecule has 4 N–H and O–H groups in total. The van der Waals surface area contributed by atoms with E-state index >= 15 is 0 Å². The van der Waals surface area contributed by atoms with Crippen LogP contribution in [0.1, 0.15) is 24.0 Å². The second-order valence-corrected chi connectivity index (χ2v) is 4.45. The highest BCUT2D eigenvalue weighted by Crippen LogP contribution is 2.25. The summed E-state index contributed by atoms with van der Waals surface area (Å²) in [6, 6.07) is 6.59. The molecule has 0 aliphatic heterocycles. The van der Waals surface area contributed by atoms with Crippen molar-refractivity contribution in [3.05, 3.63) is 35.5 Å². The Morgan fingerprint density at radius 1 is 1.56 bits per heavy atom. The third-order valence-electron chi connectivity index (χ3n) is 3.11. The predicted octanol–water partition coefficient (Wildman–Crippen LogP) is 1.90. The maximum atomic E-state index is 7.30. The van der Waals surface area contributed by atoms with Gasteiger partial charge in [0, 0.05) is 36.1 Å². The molecule has 0 bridgehead atoms. The molecule has 0 unspecified atom stereocenters. The van der Waals surface area contributed by atoms with Crippen LogP contribution < -0.4 is 15.8 Å². The van der Waals surface area contributed by atoms with Crippen molar-refractivity contribution < 1.29 is 4.74 Å². The minimum Gasteiger partial charge on any atom is -0.496 e. The molecule has 4 heteroatoms. The van der Waals surface area contributed by atoms with E-state index in [2.05, 4.69) is 5.32 Å². The van der Waals surface area contributed by atoms with Crippen molar-refractivity contribution >= 4 is 11.8 Å². The van der Waals surface area contributed by atoms with Gasteiger partial charge in [0.2, 0.25) is 0 Å². The molecule has 0 saturated heterocycles. The molecule has 0 aromatic heterocycles. The molecule has 2 rings (SSSR count). The summed E-state index contributed by atoms with van der Waals surface area (Å²) in [5.41, 5.74) is 8.21. The molecule has 0 heterocycles. The summed E-state index contributed by atoms with van der Waals surface area (Å²) < 4.78 is 5.39. The van der Waals surface area contributed by atoms with Crippen molar-refractivity contribution in [3.8, 4) is 5.75 Å². The summed E-state index contributed by atoms with van der Waals surface area (Å²) in [5.74, 6) is 0.835. The fourth-order valence-corrected chi connectivity index (χ4v) is 1.84. The third kappa shape index (κ3) is 2.90. The third-order valence-corrected chi connectivity index (χ3v) is 3.11. The monoisotopic (exact) mass is 245 g/mol. The number of rotatable bonds is 6. The van der Waals surface area contributed by atoms with E-state index in [4.69, 9.17) is 15.9 Å². The Balaban J connectivity index is 2.18. The van der Waals surface area contributed by atoms with Gasteiger partial charge in [-0.3, -0.25) is 0 Å². The summed E-state index contributed by atoms with van der Waals surface area (Å²) >= 11 is 0. The van der Waals surface area contributed by atoms with Gasteiger partial charge < -0.3 is 21.2 Å². The maximum absolute atomic E-state index is 7.30. The summed E-state index contributed by atoms with van der Waals surface area (Å²) in [6.07, 6.45) is 5.23. The zero-order valence-corrected chi connectivity index (χ0v) is 10.6. The lowest BCUT2D eigenvalue weighted by molar-refractivity contribution is 0.407. The van der Waals surface area contributed by atoms with E-state index in [-0.39, 0.29) is 0 Å². The SMILES string of the molecule is COc1cc(/C(C=N)=C/N)ccc1CNC1CC1. The number of hydrogen-bond acceptors (Lipinski definition) is 4. The lowest BCUT2D eigenvalue weighted by atomic mass is 10.0. The summed E-state index contributed by atoms with van der Waals surface area (Å²) in [7, 11) is 1.66. The minimum atomic E-state index is 0.676. The lowest BCUT2D eigenvalue weighted by Gasteiger charge is -2.11. The lowest BCUT2D eigenvalue weighted by Crippen LogP contribution is -2.15. The van der Waals surface area contributed by atoms with Crippen LogP contribution in [0.2, 0.25) is 0 Å². The van der Waals surface area contributed by atoms with Gasteiger partial charge >= 0.3 is 0 Å². The van der Waals surface area contributed by atoms with Crippen LogP contribution in [0.3, 0.4) is 0 Å². The first-order chi connectivity index (χ1) is 8.78. The van der Waals surface area contributed by atoms with Gasteiger partial charge in [-0.15, -0.1) is 0 Å². The molecular weight excluding hydrogens is 226 g/mol. The van der Waals surface area contributed by atoms with Crippen molar-refractivity contribution in [2.24, 2.45) is 5.73 Å². The fraction of sp³-hybridized carbons (Fsp3) is 0.357. The summed E-state index contributed by atoms with van der Waals surface area (Å²) in [4.78, 5) is 0. The zero-order valence-electron chi connectivity index (χ0n) is 10.6. The number of nitrogens with one attached hydrogen (secondary N) is 2. The quantitative estimate of drug-likeness (QED) is 0.670. The Labute approximate surface area is 107 Å². The van der Waals surface area contributed by atoms with Crippen LogP contribution >= 0.6 is 0 Å². The maximum Gasteiger partial charge on any atom is 0.123 e. The van der Waals surface area contributed by atoms with E-state index in [9.17, 15) is 0 Å². The second-order valence-electron chi connectivity index (χ2n) is 4.45. The molecule has 0 radical (unpaired) electrons. The fourth-order valence-electron chi connectivity index (χ4n) is 1.84. The number of ether oxygens (including phenoxy) is 1. The normalized spacial score (nSPS) is 15.5. The first kappa shape index (κ1) is 12.6. The molecule has 1 aliphatic rings. The van der Waals surface area contributed by atoms with Gasteiger partial charge in [-0.1, -0.05) is 12.1 Å². The van der Waals surface area contributed by atoms with Crippen LogP contribution in [0.4, 0.5) is 0 Å². The number of hydrogen-bond donors (Lipinski definition) is 3. The predicted molar refractivity (Wildman–Crippen MR) is 73.8 cm³/mol. The molecular formula is C14H19N3O. The average Bonchev–Trinajstić information content (AvgIpc) is 3.22. The molecule has 96 valence electrons. The number of benzene rings is 1. The second kappa shape index (κ2) is 5.69. The van der Waals surface area contributed by atoms with Crippen LogP contribution in [0, 0.1) is 5.41 Å². The number of allylic oxidation sites excluding steroid dienone is 1. The highest BCUT2D eigenvalue weighted by atomic mass is 16.5. The molecule has 1 aromatic carbocycles. The van der Waals surface area contributed by atoms with Crippen molar-refractivity contribution in [2.75, 3.05) is 7.11 Å². The van der Waals surface area contributed by atoms with Crippen LogP contribution in [0.25, 0.3) is 5.57 Å². The van der Waals surface area contributed by atoms with E-state index in [1.54, 1.807) is 7.11 Å². The molecule has 0 spiro atoms. The molecule has 4 nitrogen and oxygen atoms in total. The first-order valence-electron chi connectivity index (χ1n) is 6.11. The van der Waals surface area contributed by atoms with Crippen molar-refractivity contribution in [1.29, 1.82) is 5.41 Å². The molecule has 18 heavy (non-hydrogen) atoms. The largest absolute Gasteiger partial charge is 0.496 e. The first-order valence-corrected chi connectivity index (χ1v) is 6.11. The van der Waals surface area contributed by atoms with Crippen molar-refractivity contribution in [2.45, 2.75) is 25.4 Å². The van der Waals surface area contributed by atoms with Gasteiger partial charge in [0.05, 0.1) is 7.11 Å². The summed E-state index contributed by atoms with van der Waals surface area (Å²) in [5, 5.41) is 10.8. The van der Waals surface area contributed by atoms with E-state index in [1.807, 2.05) is 18.2 Å². The molecule has 1 aliphatic carbocycles. The number of nitrogens with two attached hydrogens (primary N) is 1. The molecule has 1 fully saturated rings. The van der Waals surface area contributed by atoms with E-state index in [0.29, 0.717) is 11.6 Å². The molecule has 0 atom stereocenters. The number of methoxy groups -OCH3 is 1. The highest BCUT2D eigenvalue weighted by molar-refractivity contribution is 6.08. The van der Waals surface area contributed by atoms with E-state index in [1.165, 1.54) is 25.3 Å². The standard InChI is InChI=1S/C14H19N3O/c1-18-14-6-10(12(7-15)8-16)2-3-11(14)9-17-13-4-5-13/h2-3,6-8,13,15,17H,4-5,9,16H2,1H3/b12-8+,15-7?. The van der Waals surface area contributed by atoms with Gasteiger partial charge in [-0.2, -0.15) is 0 Å². The molecule has 1 aromatic rings. The molecule has 0 amide bonds. The van der Waals surface area contributed by atoms with Gasteiger partial charge in [-0.25, -0.2) is 0 Å². The summed E-state index contributed by atoms with van der Waals surface area (Å²) in [6.45, 7) is 0.820. The van der Waals surface area contributed by atoms with Crippen LogP contribution in [-0.4, -0.2) is 19.4 Å². The Morgan fingerprint density at radius 2 is 2.33 bits per heavy atom. The minimum absolute atomic E-state index is 0.676. The van der Waals surface area contributed by atoms with Crippen molar-refractivity contribution in [1.82, 2.24) is 5.32 Å². The van der Waals surface area contributed by atoms with Crippen molar-refractivity contribution in [3.63, 3.8) is 0 Å². The smallest absolute Gasteiger partial charge is 0.123 e. The van der Waals surface area contributed by atoms with Gasteiger partial charge in [0.1, 0.15) is 5.75 Å². The zero-order chi connectivity index (χ0) is 13.0. The van der Waals surface area contributed by atoms with Gasteiger partial charge in [-0.05, 0) is 24.5 Å². The average molecular weight is 245 g/mol. The topological polar surface area (TPSA) is 71.1 Å². The Morgan fingerprint density at radius 3 is 2.89 bits per heavy atom. The van der Waals surface area contributed by atoms with Crippen LogP contribution in [-0.2, 0) is 6.54 Å². The Kier molecular flexibility index (Phi) is 3.99. The Hall–Kier alpha value is -1.81. The van der Waals surface area contributed by atoms with Gasteiger partial charge in [0.25, 0.3) is 0 Å². The Bertz CT molecular complexity index is 464. The van der Waals surface area contributed by atoms with Gasteiger partial charge in [0.15, 0.2) is 0 Å². The highest BCUT2D eigenvalue weighted by Gasteiger charge is 2.20. The van der Waals surface area contributed by atoms with Crippen LogP contribution in [0.15, 0.2) is 24.4 Å². The van der Waals surface area contributed by atoms with E-state index in [0.717, 1.165) is 23.4 Å². The molecule has 1 saturated carbocycles. The van der Waals surface area contributed by atoms with E-state index < -0.39 is 0 Å².